The summed E-state index contributed by atoms with van der Waals surface area (Å²) in [7, 11) is 0. The molecule has 4 nitrogen and oxygen atoms in total. The summed E-state index contributed by atoms with van der Waals surface area (Å²) in [5, 5.41) is 10.3. The van der Waals surface area contributed by atoms with Crippen LogP contribution >= 0.6 is 23.1 Å². The normalized spacial score (nSPS) is 17.7. The van der Waals surface area contributed by atoms with Gasteiger partial charge in [0.2, 0.25) is 0 Å². The smallest absolute Gasteiger partial charge is 0.267 e. The number of benzene rings is 1. The molecule has 0 spiro atoms. The fraction of sp³-hybridized carbons (Fsp3) is 0.350. The van der Waals surface area contributed by atoms with Gasteiger partial charge in [-0.2, -0.15) is 5.26 Å². The van der Waals surface area contributed by atoms with Gasteiger partial charge in [0.05, 0.1) is 22.4 Å². The van der Waals surface area contributed by atoms with E-state index in [1.54, 1.807) is 15.9 Å². The van der Waals surface area contributed by atoms with Crippen LogP contribution in [0.4, 0.5) is 0 Å². The number of hydrogen-bond acceptors (Lipinski definition) is 5. The van der Waals surface area contributed by atoms with Gasteiger partial charge < -0.3 is 0 Å². The van der Waals surface area contributed by atoms with Gasteiger partial charge in [-0.25, -0.2) is 4.98 Å². The fourth-order valence-electron chi connectivity index (χ4n) is 3.44. The van der Waals surface area contributed by atoms with Crippen LogP contribution in [0, 0.1) is 17.2 Å². The van der Waals surface area contributed by atoms with Crippen molar-refractivity contribution in [3.05, 3.63) is 51.1 Å². The maximum Gasteiger partial charge on any atom is 0.267 e. The summed E-state index contributed by atoms with van der Waals surface area (Å²) in [5.41, 5.74) is 1.97. The Hall–Kier alpha value is -2.10. The van der Waals surface area contributed by atoms with Gasteiger partial charge in [-0.3, -0.25) is 9.36 Å². The summed E-state index contributed by atoms with van der Waals surface area (Å²) in [5.74, 6) is 0.652. The summed E-state index contributed by atoms with van der Waals surface area (Å²) in [6.07, 6.45) is 3.09. The molecule has 26 heavy (non-hydrogen) atoms. The van der Waals surface area contributed by atoms with Gasteiger partial charge in [0.15, 0.2) is 5.16 Å². The van der Waals surface area contributed by atoms with E-state index in [1.165, 1.54) is 22.2 Å². The molecule has 0 radical (unpaired) electrons. The van der Waals surface area contributed by atoms with E-state index in [0.29, 0.717) is 11.1 Å². The molecule has 1 aliphatic carbocycles. The minimum Gasteiger partial charge on any atom is -0.268 e. The molecule has 0 N–H and O–H groups in total. The van der Waals surface area contributed by atoms with Crippen molar-refractivity contribution < 1.29 is 0 Å². The lowest BCUT2D eigenvalue weighted by Gasteiger charge is -2.18. The van der Waals surface area contributed by atoms with Gasteiger partial charge in [0.25, 0.3) is 5.56 Å². The Morgan fingerprint density at radius 2 is 2.15 bits per heavy atom. The van der Waals surface area contributed by atoms with Gasteiger partial charge >= 0.3 is 0 Å². The number of thioether (sulfide) groups is 1. The first kappa shape index (κ1) is 17.3. The zero-order chi connectivity index (χ0) is 18.3. The Morgan fingerprint density at radius 3 is 2.88 bits per heavy atom. The zero-order valence-electron chi connectivity index (χ0n) is 14.7. The summed E-state index contributed by atoms with van der Waals surface area (Å²) < 4.78 is 1.67. The quantitative estimate of drug-likeness (QED) is 0.492. The van der Waals surface area contributed by atoms with E-state index in [4.69, 9.17) is 4.98 Å². The van der Waals surface area contributed by atoms with E-state index in [1.807, 2.05) is 37.3 Å². The van der Waals surface area contributed by atoms with Gasteiger partial charge in [0, 0.05) is 4.88 Å². The van der Waals surface area contributed by atoms with Crippen LogP contribution in [0.1, 0.15) is 30.7 Å². The molecule has 1 aliphatic rings. The van der Waals surface area contributed by atoms with Crippen molar-refractivity contribution in [2.24, 2.45) is 5.92 Å². The van der Waals surface area contributed by atoms with Crippen molar-refractivity contribution >= 4 is 33.3 Å². The minimum atomic E-state index is -0.274. The number of nitrogens with zero attached hydrogens (tertiary/aromatic N) is 3. The van der Waals surface area contributed by atoms with E-state index in [2.05, 4.69) is 13.0 Å². The van der Waals surface area contributed by atoms with Crippen LogP contribution in [0.3, 0.4) is 0 Å². The van der Waals surface area contributed by atoms with E-state index in [0.717, 1.165) is 35.2 Å². The van der Waals surface area contributed by atoms with Crippen molar-refractivity contribution in [2.75, 3.05) is 0 Å². The topological polar surface area (TPSA) is 58.7 Å². The second-order valence-corrected chi connectivity index (χ2v) is 9.18. The van der Waals surface area contributed by atoms with Gasteiger partial charge in [-0.1, -0.05) is 36.9 Å². The van der Waals surface area contributed by atoms with Crippen molar-refractivity contribution in [1.29, 1.82) is 5.26 Å². The van der Waals surface area contributed by atoms with Crippen LogP contribution < -0.4 is 5.56 Å². The number of hydrogen-bond donors (Lipinski definition) is 0. The SMILES string of the molecule is CC1CCc2c(sc3nc(SC(C)C#N)n(-c4ccccc4)c(=O)c23)C1. The highest BCUT2D eigenvalue weighted by Crippen LogP contribution is 2.37. The molecule has 3 aromatic rings. The third-order valence-corrected chi connectivity index (χ3v) is 6.87. The lowest BCUT2D eigenvalue weighted by Crippen LogP contribution is -2.23. The van der Waals surface area contributed by atoms with Crippen LogP contribution in [0.25, 0.3) is 15.9 Å². The zero-order valence-corrected chi connectivity index (χ0v) is 16.4. The summed E-state index contributed by atoms with van der Waals surface area (Å²) in [6, 6.07) is 11.8. The molecule has 2 atom stereocenters. The number of para-hydroxylation sites is 1. The molecule has 0 saturated carbocycles. The molecule has 0 amide bonds. The molecule has 0 saturated heterocycles. The van der Waals surface area contributed by atoms with E-state index in [-0.39, 0.29) is 10.8 Å². The number of aromatic nitrogens is 2. The maximum atomic E-state index is 13.5. The highest BCUT2D eigenvalue weighted by atomic mass is 32.2. The standard InChI is InChI=1S/C20H19N3OS2/c1-12-8-9-15-16(10-12)26-18-17(15)19(24)23(14-6-4-3-5-7-14)20(22-18)25-13(2)11-21/h3-7,12-13H,8-10H2,1-2H3. The second-order valence-electron chi connectivity index (χ2n) is 6.79. The number of thiophene rings is 1. The van der Waals surface area contributed by atoms with Gasteiger partial charge in [-0.15, -0.1) is 11.3 Å². The molecule has 2 unspecified atom stereocenters. The Labute approximate surface area is 160 Å². The second kappa shape index (κ2) is 6.90. The summed E-state index contributed by atoms with van der Waals surface area (Å²) >= 11 is 2.99. The van der Waals surface area contributed by atoms with Crippen LogP contribution in [0.5, 0.6) is 0 Å². The Morgan fingerprint density at radius 1 is 1.38 bits per heavy atom. The highest BCUT2D eigenvalue weighted by molar-refractivity contribution is 8.00. The highest BCUT2D eigenvalue weighted by Gasteiger charge is 2.25. The summed E-state index contributed by atoms with van der Waals surface area (Å²) in [6.45, 7) is 4.09. The number of fused-ring (bicyclic) bond motifs is 3. The van der Waals surface area contributed by atoms with E-state index in [9.17, 15) is 10.1 Å². The predicted molar refractivity (Wildman–Crippen MR) is 107 cm³/mol. The van der Waals surface area contributed by atoms with Gasteiger partial charge in [0.1, 0.15) is 4.83 Å². The van der Waals surface area contributed by atoms with Crippen LogP contribution in [-0.2, 0) is 12.8 Å². The van der Waals surface area contributed by atoms with Crippen molar-refractivity contribution in [3.8, 4) is 11.8 Å². The molecule has 0 aliphatic heterocycles. The van der Waals surface area contributed by atoms with Crippen LogP contribution in [-0.4, -0.2) is 14.8 Å². The average Bonchev–Trinajstić information content (AvgIpc) is 2.99. The number of rotatable bonds is 3. The third kappa shape index (κ3) is 2.95. The minimum absolute atomic E-state index is 0.0131. The van der Waals surface area contributed by atoms with E-state index >= 15 is 0 Å². The van der Waals surface area contributed by atoms with Crippen LogP contribution in [0.15, 0.2) is 40.3 Å². The first-order valence-corrected chi connectivity index (χ1v) is 10.5. The molecular weight excluding hydrogens is 362 g/mol. The Kier molecular flexibility index (Phi) is 4.60. The van der Waals surface area contributed by atoms with Gasteiger partial charge in [-0.05, 0) is 49.8 Å². The van der Waals surface area contributed by atoms with Crippen molar-refractivity contribution in [3.63, 3.8) is 0 Å². The lowest BCUT2D eigenvalue weighted by molar-refractivity contribution is 0.509. The molecule has 0 bridgehead atoms. The monoisotopic (exact) mass is 381 g/mol. The Balaban J connectivity index is 2.00. The molecule has 2 aromatic heterocycles. The van der Waals surface area contributed by atoms with E-state index < -0.39 is 0 Å². The molecule has 4 rings (SSSR count). The summed E-state index contributed by atoms with van der Waals surface area (Å²) in [4.78, 5) is 20.4. The van der Waals surface area contributed by atoms with Crippen LogP contribution in [0.2, 0.25) is 0 Å². The molecule has 2 heterocycles. The fourth-order valence-corrected chi connectivity index (χ4v) is 5.68. The molecule has 1 aromatic carbocycles. The lowest BCUT2D eigenvalue weighted by atomic mass is 9.89. The predicted octanol–water partition coefficient (Wildman–Crippen LogP) is 4.58. The Bertz CT molecular complexity index is 1060. The third-order valence-electron chi connectivity index (χ3n) is 4.78. The van der Waals surface area contributed by atoms with Crippen molar-refractivity contribution in [1.82, 2.24) is 9.55 Å². The average molecular weight is 382 g/mol. The first-order chi connectivity index (χ1) is 12.6. The first-order valence-electron chi connectivity index (χ1n) is 8.77. The maximum absolute atomic E-state index is 13.5. The molecule has 6 heteroatoms. The van der Waals surface area contributed by atoms with Crippen molar-refractivity contribution in [2.45, 2.75) is 43.5 Å². The molecule has 132 valence electrons. The molecule has 0 fully saturated rings. The number of nitriles is 1. The molecular formula is C20H19N3OS2. The number of aryl methyl sites for hydroxylation is 1. The largest absolute Gasteiger partial charge is 0.268 e.